The largest absolute Gasteiger partial charge is 0.447 e. The van der Waals surface area contributed by atoms with Gasteiger partial charge in [0.15, 0.2) is 5.60 Å². The van der Waals surface area contributed by atoms with E-state index in [0.717, 1.165) is 5.56 Å². The van der Waals surface area contributed by atoms with Crippen LogP contribution in [0.4, 0.5) is 0 Å². The van der Waals surface area contributed by atoms with Crippen LogP contribution in [0.2, 0.25) is 0 Å². The van der Waals surface area contributed by atoms with Crippen LogP contribution in [-0.2, 0) is 15.1 Å². The molecule has 1 aromatic carbocycles. The summed E-state index contributed by atoms with van der Waals surface area (Å²) in [6.45, 7) is 3.67. The Morgan fingerprint density at radius 3 is 2.36 bits per heavy atom. The van der Waals surface area contributed by atoms with Gasteiger partial charge >= 0.3 is 5.97 Å². The van der Waals surface area contributed by atoms with E-state index in [1.54, 1.807) is 6.92 Å². The topological polar surface area (TPSA) is 26.3 Å². The zero-order valence-electron chi connectivity index (χ0n) is 8.28. The molecule has 14 heavy (non-hydrogen) atoms. The molecule has 0 N–H and O–H groups in total. The third kappa shape index (κ3) is 1.33. The van der Waals surface area contributed by atoms with Crippen LogP contribution in [0.5, 0.6) is 0 Å². The molecule has 0 fully saturated rings. The molecule has 1 unspecified atom stereocenters. The summed E-state index contributed by atoms with van der Waals surface area (Å²) in [4.78, 5) is 11.3. The molecule has 0 amide bonds. The summed E-state index contributed by atoms with van der Waals surface area (Å²) < 4.78 is 5.32. The highest BCUT2D eigenvalue weighted by Gasteiger charge is 2.35. The fourth-order valence-electron chi connectivity index (χ4n) is 1.69. The molecule has 0 aromatic heterocycles. The third-order valence-electron chi connectivity index (χ3n) is 2.47. The lowest BCUT2D eigenvalue weighted by atomic mass is 9.95. The smallest absolute Gasteiger partial charge is 0.334 e. The Morgan fingerprint density at radius 1 is 1.21 bits per heavy atom. The van der Waals surface area contributed by atoms with E-state index in [2.05, 4.69) is 0 Å². The number of hydrogen-bond acceptors (Lipinski definition) is 2. The Bertz CT molecular complexity index is 392. The summed E-state index contributed by atoms with van der Waals surface area (Å²) in [5.41, 5.74) is 1.10. The van der Waals surface area contributed by atoms with E-state index >= 15 is 0 Å². The molecule has 0 radical (unpaired) electrons. The average Bonchev–Trinajstić information content (AvgIpc) is 2.44. The van der Waals surface area contributed by atoms with Crippen molar-refractivity contribution in [2.75, 3.05) is 0 Å². The summed E-state index contributed by atoms with van der Waals surface area (Å²) in [6.07, 6.45) is 1.87. The van der Waals surface area contributed by atoms with Gasteiger partial charge in [-0.25, -0.2) is 4.79 Å². The van der Waals surface area contributed by atoms with Gasteiger partial charge in [0.1, 0.15) is 0 Å². The summed E-state index contributed by atoms with van der Waals surface area (Å²) in [5, 5.41) is 0. The second kappa shape index (κ2) is 2.98. The fourth-order valence-corrected chi connectivity index (χ4v) is 1.69. The minimum Gasteiger partial charge on any atom is -0.447 e. The molecule has 72 valence electrons. The lowest BCUT2D eigenvalue weighted by Crippen LogP contribution is -2.20. The van der Waals surface area contributed by atoms with Gasteiger partial charge in [0, 0.05) is 5.57 Å². The number of hydrogen-bond donors (Lipinski definition) is 0. The van der Waals surface area contributed by atoms with Crippen LogP contribution in [0.15, 0.2) is 42.0 Å². The second-order valence-corrected chi connectivity index (χ2v) is 3.69. The number of rotatable bonds is 1. The molecule has 0 saturated heterocycles. The Kier molecular flexibility index (Phi) is 1.92. The quantitative estimate of drug-likeness (QED) is 0.632. The van der Waals surface area contributed by atoms with Crippen molar-refractivity contribution in [3.63, 3.8) is 0 Å². The summed E-state index contributed by atoms with van der Waals surface area (Å²) in [7, 11) is 0. The first kappa shape index (κ1) is 9.00. The first-order valence-corrected chi connectivity index (χ1v) is 4.60. The predicted molar refractivity (Wildman–Crippen MR) is 53.6 cm³/mol. The molecule has 0 aliphatic carbocycles. The van der Waals surface area contributed by atoms with Gasteiger partial charge < -0.3 is 4.74 Å². The number of carbonyl (C=O) groups excluding carboxylic acids is 1. The fraction of sp³-hybridized carbons (Fsp3) is 0.250. The molecule has 1 aromatic rings. The van der Waals surface area contributed by atoms with Gasteiger partial charge in [0.2, 0.25) is 0 Å². The van der Waals surface area contributed by atoms with Crippen molar-refractivity contribution in [1.29, 1.82) is 0 Å². The molecule has 1 aliphatic heterocycles. The van der Waals surface area contributed by atoms with Crippen molar-refractivity contribution in [3.05, 3.63) is 47.5 Å². The van der Waals surface area contributed by atoms with Crippen molar-refractivity contribution in [2.24, 2.45) is 0 Å². The zero-order valence-corrected chi connectivity index (χ0v) is 8.28. The number of cyclic esters (lactones) is 1. The van der Waals surface area contributed by atoms with Crippen molar-refractivity contribution >= 4 is 5.97 Å². The van der Waals surface area contributed by atoms with E-state index in [1.165, 1.54) is 0 Å². The van der Waals surface area contributed by atoms with Crippen molar-refractivity contribution in [1.82, 2.24) is 0 Å². The van der Waals surface area contributed by atoms with E-state index in [-0.39, 0.29) is 5.97 Å². The van der Waals surface area contributed by atoms with Gasteiger partial charge in [-0.3, -0.25) is 0 Å². The highest BCUT2D eigenvalue weighted by Crippen LogP contribution is 2.33. The van der Waals surface area contributed by atoms with Crippen LogP contribution in [0.3, 0.4) is 0 Å². The molecule has 0 saturated carbocycles. The lowest BCUT2D eigenvalue weighted by molar-refractivity contribution is -0.145. The SMILES string of the molecule is CC1=CC(C)(c2ccccc2)OC1=O. The zero-order chi connectivity index (χ0) is 10.2. The van der Waals surface area contributed by atoms with Crippen molar-refractivity contribution in [2.45, 2.75) is 19.4 Å². The maximum absolute atomic E-state index is 11.3. The highest BCUT2D eigenvalue weighted by molar-refractivity contribution is 5.91. The Labute approximate surface area is 83.2 Å². The molecule has 2 nitrogen and oxygen atoms in total. The van der Waals surface area contributed by atoms with Gasteiger partial charge in [-0.15, -0.1) is 0 Å². The average molecular weight is 188 g/mol. The lowest BCUT2D eigenvalue weighted by Gasteiger charge is -2.21. The predicted octanol–water partition coefficient (Wildman–Crippen LogP) is 2.40. The number of benzene rings is 1. The molecule has 1 heterocycles. The molecule has 1 atom stereocenters. The Balaban J connectivity index is 2.41. The van der Waals surface area contributed by atoms with E-state index in [1.807, 2.05) is 43.3 Å². The van der Waals surface area contributed by atoms with E-state index in [9.17, 15) is 4.79 Å². The maximum Gasteiger partial charge on any atom is 0.334 e. The molecular formula is C12H12O2. The van der Waals surface area contributed by atoms with Crippen LogP contribution < -0.4 is 0 Å². The van der Waals surface area contributed by atoms with Gasteiger partial charge in [0.25, 0.3) is 0 Å². The summed E-state index contributed by atoms with van der Waals surface area (Å²) in [5.74, 6) is -0.226. The van der Waals surface area contributed by atoms with Gasteiger partial charge in [-0.2, -0.15) is 0 Å². The monoisotopic (exact) mass is 188 g/mol. The molecule has 0 bridgehead atoms. The molecule has 2 rings (SSSR count). The highest BCUT2D eigenvalue weighted by atomic mass is 16.6. The van der Waals surface area contributed by atoms with Gasteiger partial charge in [-0.05, 0) is 25.5 Å². The summed E-state index contributed by atoms with van der Waals surface area (Å²) >= 11 is 0. The summed E-state index contributed by atoms with van der Waals surface area (Å²) in [6, 6.07) is 9.75. The Morgan fingerprint density at radius 2 is 1.86 bits per heavy atom. The molecule has 0 spiro atoms. The second-order valence-electron chi connectivity index (χ2n) is 3.69. The standard InChI is InChI=1S/C12H12O2/c1-9-8-12(2,14-11(9)13)10-6-4-3-5-7-10/h3-8H,1-2H3. The Hall–Kier alpha value is -1.57. The van der Waals surface area contributed by atoms with E-state index in [0.29, 0.717) is 5.57 Å². The number of ether oxygens (including phenoxy) is 1. The van der Waals surface area contributed by atoms with Crippen LogP contribution >= 0.6 is 0 Å². The maximum atomic E-state index is 11.3. The first-order valence-electron chi connectivity index (χ1n) is 4.60. The molecule has 2 heteroatoms. The van der Waals surface area contributed by atoms with Gasteiger partial charge in [-0.1, -0.05) is 30.3 Å². The molecular weight excluding hydrogens is 176 g/mol. The van der Waals surface area contributed by atoms with Gasteiger partial charge in [0.05, 0.1) is 0 Å². The minimum atomic E-state index is -0.581. The third-order valence-corrected chi connectivity index (χ3v) is 2.47. The number of carbonyl (C=O) groups is 1. The van der Waals surface area contributed by atoms with Crippen molar-refractivity contribution in [3.8, 4) is 0 Å². The molecule has 1 aliphatic rings. The number of esters is 1. The van der Waals surface area contributed by atoms with Crippen LogP contribution in [-0.4, -0.2) is 5.97 Å². The van der Waals surface area contributed by atoms with E-state index < -0.39 is 5.60 Å². The normalized spacial score (nSPS) is 25.9. The van der Waals surface area contributed by atoms with Crippen molar-refractivity contribution < 1.29 is 9.53 Å². The minimum absolute atomic E-state index is 0.226. The van der Waals surface area contributed by atoms with Crippen LogP contribution in [0.1, 0.15) is 19.4 Å². The van der Waals surface area contributed by atoms with E-state index in [4.69, 9.17) is 4.74 Å². The van der Waals surface area contributed by atoms with Crippen LogP contribution in [0.25, 0.3) is 0 Å². The first-order chi connectivity index (χ1) is 6.62. The van der Waals surface area contributed by atoms with Crippen LogP contribution in [0, 0.1) is 0 Å².